The van der Waals surface area contributed by atoms with Gasteiger partial charge in [0.05, 0.1) is 19.8 Å². The molecule has 1 aromatic heterocycles. The van der Waals surface area contributed by atoms with Crippen LogP contribution in [0.1, 0.15) is 24.8 Å². The molecule has 2 aliphatic heterocycles. The van der Waals surface area contributed by atoms with Crippen LogP contribution < -0.4 is 0 Å². The molecule has 20 heavy (non-hydrogen) atoms. The first-order valence-corrected chi connectivity index (χ1v) is 8.58. The van der Waals surface area contributed by atoms with Crippen LogP contribution in [-0.2, 0) is 11.3 Å². The number of ether oxygens (including phenoxy) is 1. The monoisotopic (exact) mass is 295 g/mol. The third-order valence-corrected chi connectivity index (χ3v) is 5.31. The van der Waals surface area contributed by atoms with E-state index in [1.54, 1.807) is 11.3 Å². The van der Waals surface area contributed by atoms with Crippen LogP contribution in [-0.4, -0.2) is 60.7 Å². The van der Waals surface area contributed by atoms with Crippen molar-refractivity contribution in [2.75, 3.05) is 45.9 Å². The molecule has 0 saturated carbocycles. The molecule has 0 N–H and O–H groups in total. The quantitative estimate of drug-likeness (QED) is 0.853. The molecular weight excluding hydrogens is 270 g/mol. The summed E-state index contributed by atoms with van der Waals surface area (Å²) in [6.45, 7) is 10.9. The zero-order valence-electron chi connectivity index (χ0n) is 12.4. The van der Waals surface area contributed by atoms with Crippen LogP contribution in [0.4, 0.5) is 0 Å². The Bertz CT molecular complexity index is 411. The molecule has 0 radical (unpaired) electrons. The van der Waals surface area contributed by atoms with Crippen LogP contribution in [0.2, 0.25) is 0 Å². The molecule has 2 aliphatic rings. The van der Waals surface area contributed by atoms with E-state index in [1.165, 1.54) is 30.9 Å². The van der Waals surface area contributed by atoms with E-state index in [4.69, 9.17) is 4.74 Å². The number of thiazole rings is 1. The van der Waals surface area contributed by atoms with E-state index >= 15 is 0 Å². The zero-order valence-corrected chi connectivity index (χ0v) is 13.2. The third kappa shape index (κ3) is 3.39. The van der Waals surface area contributed by atoms with Crippen LogP contribution in [0.3, 0.4) is 0 Å². The number of hydrogen-bond acceptors (Lipinski definition) is 5. The van der Waals surface area contributed by atoms with Crippen molar-refractivity contribution < 1.29 is 4.74 Å². The molecule has 5 heteroatoms. The fraction of sp³-hybridized carbons (Fsp3) is 0.800. The minimum Gasteiger partial charge on any atom is -0.379 e. The Kier molecular flexibility index (Phi) is 4.71. The number of rotatable bonds is 3. The van der Waals surface area contributed by atoms with E-state index in [1.807, 2.05) is 6.20 Å². The smallest absolute Gasteiger partial charge is 0.107 e. The second-order valence-electron chi connectivity index (χ2n) is 6.16. The molecule has 2 saturated heterocycles. The number of likely N-dealkylation sites (N-methyl/N-ethyl adjacent to an activating group) is 1. The molecule has 0 aromatic carbocycles. The SMILES string of the molecule is CCN1CCOC[C@]2(CCCN(Cc3nccs3)C2)C1. The molecular formula is C15H25N3OS. The lowest BCUT2D eigenvalue weighted by Crippen LogP contribution is -2.50. The highest BCUT2D eigenvalue weighted by Crippen LogP contribution is 2.33. The fourth-order valence-corrected chi connectivity index (χ4v) is 4.22. The van der Waals surface area contributed by atoms with Gasteiger partial charge in [0.15, 0.2) is 0 Å². The summed E-state index contributed by atoms with van der Waals surface area (Å²) in [5.41, 5.74) is 0.335. The van der Waals surface area contributed by atoms with Crippen molar-refractivity contribution >= 4 is 11.3 Å². The summed E-state index contributed by atoms with van der Waals surface area (Å²) in [7, 11) is 0. The van der Waals surface area contributed by atoms with E-state index in [9.17, 15) is 0 Å². The van der Waals surface area contributed by atoms with Gasteiger partial charge in [-0.3, -0.25) is 4.90 Å². The first-order valence-electron chi connectivity index (χ1n) is 7.70. The molecule has 0 unspecified atom stereocenters. The van der Waals surface area contributed by atoms with Crippen molar-refractivity contribution in [3.63, 3.8) is 0 Å². The van der Waals surface area contributed by atoms with Gasteiger partial charge in [0.1, 0.15) is 5.01 Å². The molecule has 0 amide bonds. The first-order chi connectivity index (χ1) is 9.80. The van der Waals surface area contributed by atoms with Crippen LogP contribution in [0.15, 0.2) is 11.6 Å². The number of aromatic nitrogens is 1. The van der Waals surface area contributed by atoms with Crippen molar-refractivity contribution in [3.05, 3.63) is 16.6 Å². The maximum atomic E-state index is 5.92. The molecule has 1 atom stereocenters. The largest absolute Gasteiger partial charge is 0.379 e. The average Bonchev–Trinajstić information content (AvgIpc) is 2.88. The summed E-state index contributed by atoms with van der Waals surface area (Å²) in [4.78, 5) is 9.56. The predicted molar refractivity (Wildman–Crippen MR) is 82.0 cm³/mol. The molecule has 1 spiro atoms. The molecule has 1 aromatic rings. The molecule has 0 bridgehead atoms. The van der Waals surface area contributed by atoms with E-state index < -0.39 is 0 Å². The molecule has 0 aliphatic carbocycles. The normalized spacial score (nSPS) is 29.6. The third-order valence-electron chi connectivity index (χ3n) is 4.55. The van der Waals surface area contributed by atoms with Gasteiger partial charge in [-0.15, -0.1) is 11.3 Å². The van der Waals surface area contributed by atoms with Crippen LogP contribution in [0, 0.1) is 5.41 Å². The summed E-state index contributed by atoms with van der Waals surface area (Å²) in [6.07, 6.45) is 4.50. The Morgan fingerprint density at radius 2 is 2.25 bits per heavy atom. The number of nitrogens with zero attached hydrogens (tertiary/aromatic N) is 3. The lowest BCUT2D eigenvalue weighted by Gasteiger charge is -2.43. The first kappa shape index (κ1) is 14.4. The zero-order chi connectivity index (χ0) is 13.8. The second-order valence-corrected chi connectivity index (χ2v) is 7.14. The maximum absolute atomic E-state index is 5.92. The molecule has 2 fully saturated rings. The number of likely N-dealkylation sites (tertiary alicyclic amines) is 1. The van der Waals surface area contributed by atoms with Crippen LogP contribution in [0.25, 0.3) is 0 Å². The van der Waals surface area contributed by atoms with Gasteiger partial charge in [-0.25, -0.2) is 4.98 Å². The van der Waals surface area contributed by atoms with Gasteiger partial charge in [-0.2, -0.15) is 0 Å². The molecule has 3 rings (SSSR count). The highest BCUT2D eigenvalue weighted by Gasteiger charge is 2.38. The van der Waals surface area contributed by atoms with Gasteiger partial charge in [-0.1, -0.05) is 6.92 Å². The number of hydrogen-bond donors (Lipinski definition) is 0. The van der Waals surface area contributed by atoms with Gasteiger partial charge in [0.2, 0.25) is 0 Å². The Balaban J connectivity index is 1.66. The minimum absolute atomic E-state index is 0.335. The van der Waals surface area contributed by atoms with E-state index in [-0.39, 0.29) is 0 Å². The summed E-state index contributed by atoms with van der Waals surface area (Å²) in [5, 5.41) is 3.31. The maximum Gasteiger partial charge on any atom is 0.107 e. The Morgan fingerprint density at radius 1 is 1.35 bits per heavy atom. The highest BCUT2D eigenvalue weighted by atomic mass is 32.1. The molecule has 112 valence electrons. The second kappa shape index (κ2) is 6.52. The van der Waals surface area contributed by atoms with E-state index in [2.05, 4.69) is 27.1 Å². The van der Waals surface area contributed by atoms with E-state index in [0.717, 1.165) is 39.4 Å². The van der Waals surface area contributed by atoms with Crippen molar-refractivity contribution in [1.29, 1.82) is 0 Å². The lowest BCUT2D eigenvalue weighted by atomic mass is 9.80. The summed E-state index contributed by atoms with van der Waals surface area (Å²) >= 11 is 1.77. The highest BCUT2D eigenvalue weighted by molar-refractivity contribution is 7.09. The Hall–Kier alpha value is -0.490. The van der Waals surface area contributed by atoms with Gasteiger partial charge < -0.3 is 9.64 Å². The summed E-state index contributed by atoms with van der Waals surface area (Å²) in [5.74, 6) is 0. The number of piperidine rings is 1. The molecule has 4 nitrogen and oxygen atoms in total. The van der Waals surface area contributed by atoms with Crippen LogP contribution in [0.5, 0.6) is 0 Å². The van der Waals surface area contributed by atoms with Crippen LogP contribution >= 0.6 is 11.3 Å². The topological polar surface area (TPSA) is 28.6 Å². The minimum atomic E-state index is 0.335. The molecule has 3 heterocycles. The lowest BCUT2D eigenvalue weighted by molar-refractivity contribution is 0.00332. The van der Waals surface area contributed by atoms with Gasteiger partial charge >= 0.3 is 0 Å². The Morgan fingerprint density at radius 3 is 3.05 bits per heavy atom. The summed E-state index contributed by atoms with van der Waals surface area (Å²) < 4.78 is 5.92. The predicted octanol–water partition coefficient (Wildman–Crippen LogP) is 2.08. The standard InChI is InChI=1S/C15H25N3OS/c1-2-17-7-8-19-13-15(11-17)4-3-6-18(12-15)10-14-16-5-9-20-14/h5,9H,2-4,6-8,10-13H2,1H3/t15-/m1/s1. The van der Waals surface area contributed by atoms with Gasteiger partial charge in [-0.05, 0) is 25.9 Å². The Labute approximate surface area is 125 Å². The fourth-order valence-electron chi connectivity index (χ4n) is 3.57. The van der Waals surface area contributed by atoms with Crippen molar-refractivity contribution in [2.24, 2.45) is 5.41 Å². The van der Waals surface area contributed by atoms with Crippen molar-refractivity contribution in [3.8, 4) is 0 Å². The van der Waals surface area contributed by atoms with Crippen molar-refractivity contribution in [1.82, 2.24) is 14.8 Å². The van der Waals surface area contributed by atoms with Gasteiger partial charge in [0.25, 0.3) is 0 Å². The van der Waals surface area contributed by atoms with E-state index in [0.29, 0.717) is 5.41 Å². The summed E-state index contributed by atoms with van der Waals surface area (Å²) in [6, 6.07) is 0. The van der Waals surface area contributed by atoms with Gasteiger partial charge in [0, 0.05) is 36.6 Å². The van der Waals surface area contributed by atoms with Crippen molar-refractivity contribution in [2.45, 2.75) is 26.3 Å². The average molecular weight is 295 g/mol.